The lowest BCUT2D eigenvalue weighted by molar-refractivity contribution is -0.136. The number of rotatable bonds is 3. The molecule has 2 aliphatic rings. The lowest BCUT2D eigenvalue weighted by atomic mass is 9.73. The minimum absolute atomic E-state index is 0.00884. The third-order valence-corrected chi connectivity index (χ3v) is 5.84. The van der Waals surface area contributed by atoms with Crippen LogP contribution in [0.4, 0.5) is 18.0 Å². The van der Waals surface area contributed by atoms with Gasteiger partial charge in [-0.1, -0.05) is 17.7 Å². The van der Waals surface area contributed by atoms with E-state index in [2.05, 4.69) is 4.90 Å². The standard InChI is InChI=1S/C21H28ClF3N2O2/c1-13-12-26(7-8-27(13)19(28)29-20(2,3)4)18(15-10-21(24,25)11-15)14-5-6-16(22)17(23)9-14/h5-6,9,13,15,18H,7-8,10-12H2,1-4H3. The molecular weight excluding hydrogens is 405 g/mol. The van der Waals surface area contributed by atoms with E-state index in [0.717, 1.165) is 0 Å². The topological polar surface area (TPSA) is 32.8 Å². The average molecular weight is 433 g/mol. The van der Waals surface area contributed by atoms with E-state index in [1.54, 1.807) is 11.0 Å². The minimum atomic E-state index is -2.67. The molecule has 4 nitrogen and oxygen atoms in total. The largest absolute Gasteiger partial charge is 0.444 e. The maximum Gasteiger partial charge on any atom is 0.410 e. The van der Waals surface area contributed by atoms with E-state index in [1.807, 2.05) is 27.7 Å². The number of hydrogen-bond acceptors (Lipinski definition) is 3. The fourth-order valence-electron chi connectivity index (χ4n) is 4.24. The van der Waals surface area contributed by atoms with Crippen LogP contribution in [0.2, 0.25) is 5.02 Å². The van der Waals surface area contributed by atoms with Gasteiger partial charge in [-0.05, 0) is 51.3 Å². The second-order valence-corrected chi connectivity index (χ2v) is 9.57. The summed E-state index contributed by atoms with van der Waals surface area (Å²) in [6, 6.07) is 4.02. The molecule has 0 N–H and O–H groups in total. The highest BCUT2D eigenvalue weighted by Gasteiger charge is 2.51. The first kappa shape index (κ1) is 22.2. The molecule has 1 aliphatic heterocycles. The van der Waals surface area contributed by atoms with Crippen molar-refractivity contribution in [2.24, 2.45) is 5.92 Å². The van der Waals surface area contributed by atoms with Gasteiger partial charge in [0.25, 0.3) is 0 Å². The van der Waals surface area contributed by atoms with Gasteiger partial charge >= 0.3 is 6.09 Å². The summed E-state index contributed by atoms with van der Waals surface area (Å²) >= 11 is 5.81. The predicted molar refractivity (Wildman–Crippen MR) is 106 cm³/mol. The third kappa shape index (κ3) is 5.18. The average Bonchev–Trinajstić information content (AvgIpc) is 2.55. The van der Waals surface area contributed by atoms with Crippen molar-refractivity contribution in [1.29, 1.82) is 0 Å². The molecule has 2 atom stereocenters. The molecule has 3 rings (SSSR count). The number of alkyl halides is 2. The lowest BCUT2D eigenvalue weighted by Gasteiger charge is -2.49. The van der Waals surface area contributed by atoms with Crippen LogP contribution in [0.5, 0.6) is 0 Å². The Balaban J connectivity index is 1.77. The van der Waals surface area contributed by atoms with Crippen LogP contribution in [-0.2, 0) is 4.74 Å². The summed E-state index contributed by atoms with van der Waals surface area (Å²) in [7, 11) is 0. The Kier molecular flexibility index (Phi) is 6.12. The molecule has 0 radical (unpaired) electrons. The van der Waals surface area contributed by atoms with Crippen LogP contribution >= 0.6 is 11.6 Å². The van der Waals surface area contributed by atoms with Crippen molar-refractivity contribution in [2.45, 2.75) is 64.1 Å². The Bertz CT molecular complexity index is 761. The third-order valence-electron chi connectivity index (χ3n) is 5.53. The van der Waals surface area contributed by atoms with Crippen LogP contribution in [0, 0.1) is 11.7 Å². The Morgan fingerprint density at radius 3 is 2.45 bits per heavy atom. The number of hydrogen-bond donors (Lipinski definition) is 0. The number of ether oxygens (including phenoxy) is 1. The number of piperazine rings is 1. The van der Waals surface area contributed by atoms with E-state index in [-0.39, 0.29) is 42.0 Å². The molecule has 1 aliphatic carbocycles. The second-order valence-electron chi connectivity index (χ2n) is 9.16. The Labute approximate surface area is 174 Å². The first-order chi connectivity index (χ1) is 13.4. The minimum Gasteiger partial charge on any atom is -0.444 e. The molecule has 1 saturated heterocycles. The maximum absolute atomic E-state index is 14.1. The predicted octanol–water partition coefficient (Wildman–Crippen LogP) is 5.51. The molecular formula is C21H28ClF3N2O2. The second kappa shape index (κ2) is 7.99. The van der Waals surface area contributed by atoms with Gasteiger partial charge in [0.15, 0.2) is 0 Å². The molecule has 0 bridgehead atoms. The van der Waals surface area contributed by atoms with Gasteiger partial charge in [-0.25, -0.2) is 18.0 Å². The lowest BCUT2D eigenvalue weighted by Crippen LogP contribution is -2.57. The normalized spacial score (nSPS) is 24.1. The summed E-state index contributed by atoms with van der Waals surface area (Å²) < 4.78 is 46.7. The molecule has 2 fully saturated rings. The van der Waals surface area contributed by atoms with Gasteiger partial charge < -0.3 is 9.64 Å². The Hall–Kier alpha value is -1.47. The van der Waals surface area contributed by atoms with Gasteiger partial charge in [0.2, 0.25) is 5.92 Å². The number of carbonyl (C=O) groups is 1. The van der Waals surface area contributed by atoms with Gasteiger partial charge in [-0.3, -0.25) is 4.90 Å². The Morgan fingerprint density at radius 2 is 1.93 bits per heavy atom. The number of benzene rings is 1. The summed E-state index contributed by atoms with van der Waals surface area (Å²) in [4.78, 5) is 16.2. The number of halogens is 4. The van der Waals surface area contributed by atoms with Gasteiger partial charge in [-0.2, -0.15) is 0 Å². The summed E-state index contributed by atoms with van der Waals surface area (Å²) in [6.45, 7) is 8.77. The van der Waals surface area contributed by atoms with Crippen LogP contribution in [-0.4, -0.2) is 53.1 Å². The van der Waals surface area contributed by atoms with Crippen molar-refractivity contribution in [3.8, 4) is 0 Å². The first-order valence-electron chi connectivity index (χ1n) is 9.93. The summed E-state index contributed by atoms with van der Waals surface area (Å²) in [6.07, 6.45) is -0.820. The van der Waals surface area contributed by atoms with Crippen LogP contribution < -0.4 is 0 Å². The van der Waals surface area contributed by atoms with Gasteiger partial charge in [0.1, 0.15) is 11.4 Å². The fourth-order valence-corrected chi connectivity index (χ4v) is 4.36. The van der Waals surface area contributed by atoms with E-state index in [4.69, 9.17) is 16.3 Å². The van der Waals surface area contributed by atoms with Crippen LogP contribution in [0.3, 0.4) is 0 Å². The molecule has 29 heavy (non-hydrogen) atoms. The maximum atomic E-state index is 14.1. The number of amides is 1. The molecule has 1 heterocycles. The molecule has 8 heteroatoms. The zero-order valence-corrected chi connectivity index (χ0v) is 18.0. The van der Waals surface area contributed by atoms with E-state index in [0.29, 0.717) is 25.2 Å². The SMILES string of the molecule is CC1CN(C(c2ccc(Cl)c(F)c2)C2CC(F)(F)C2)CCN1C(=O)OC(C)(C)C. The molecule has 1 aromatic carbocycles. The van der Waals surface area contributed by atoms with E-state index in [1.165, 1.54) is 12.1 Å². The monoisotopic (exact) mass is 432 g/mol. The highest BCUT2D eigenvalue weighted by molar-refractivity contribution is 6.30. The highest BCUT2D eigenvalue weighted by Crippen LogP contribution is 2.50. The molecule has 2 unspecified atom stereocenters. The molecule has 0 spiro atoms. The van der Waals surface area contributed by atoms with Crippen molar-refractivity contribution in [3.05, 3.63) is 34.6 Å². The molecule has 1 amide bonds. The summed E-state index contributed by atoms with van der Waals surface area (Å²) in [5.74, 6) is -3.50. The molecule has 0 aromatic heterocycles. The van der Waals surface area contributed by atoms with Crippen LogP contribution in [0.1, 0.15) is 52.1 Å². The fraction of sp³-hybridized carbons (Fsp3) is 0.667. The Morgan fingerprint density at radius 1 is 1.28 bits per heavy atom. The first-order valence-corrected chi connectivity index (χ1v) is 10.3. The summed E-state index contributed by atoms with van der Waals surface area (Å²) in [5, 5.41) is 0.00884. The highest BCUT2D eigenvalue weighted by atomic mass is 35.5. The van der Waals surface area contributed by atoms with Crippen molar-refractivity contribution in [2.75, 3.05) is 19.6 Å². The van der Waals surface area contributed by atoms with E-state index in [9.17, 15) is 18.0 Å². The van der Waals surface area contributed by atoms with E-state index >= 15 is 0 Å². The molecule has 1 saturated carbocycles. The van der Waals surface area contributed by atoms with Crippen molar-refractivity contribution in [1.82, 2.24) is 9.80 Å². The number of nitrogens with zero attached hydrogens (tertiary/aromatic N) is 2. The van der Waals surface area contributed by atoms with Gasteiger partial charge in [-0.15, -0.1) is 0 Å². The zero-order valence-electron chi connectivity index (χ0n) is 17.2. The molecule has 1 aromatic rings. The van der Waals surface area contributed by atoms with Gasteiger partial charge in [0, 0.05) is 44.6 Å². The van der Waals surface area contributed by atoms with Crippen LogP contribution in [0.25, 0.3) is 0 Å². The van der Waals surface area contributed by atoms with Crippen molar-refractivity contribution < 1.29 is 22.7 Å². The van der Waals surface area contributed by atoms with E-state index < -0.39 is 17.3 Å². The summed E-state index contributed by atoms with van der Waals surface area (Å²) in [5.41, 5.74) is 0.0553. The van der Waals surface area contributed by atoms with Crippen LogP contribution in [0.15, 0.2) is 18.2 Å². The molecule has 162 valence electrons. The van der Waals surface area contributed by atoms with Crippen molar-refractivity contribution in [3.63, 3.8) is 0 Å². The quantitative estimate of drug-likeness (QED) is 0.631. The zero-order chi connectivity index (χ0) is 21.6. The smallest absolute Gasteiger partial charge is 0.410 e. The van der Waals surface area contributed by atoms with Gasteiger partial charge in [0.05, 0.1) is 5.02 Å². The number of carbonyl (C=O) groups excluding carboxylic acids is 1. The van der Waals surface area contributed by atoms with Crippen molar-refractivity contribution >= 4 is 17.7 Å².